The molecule has 0 radical (unpaired) electrons. The molecule has 28 heavy (non-hydrogen) atoms. The van der Waals surface area contributed by atoms with Crippen LogP contribution in [0.25, 0.3) is 0 Å². The number of ether oxygens (including phenoxy) is 1. The number of aliphatic imine (C=N–C) groups is 1. The lowest BCUT2D eigenvalue weighted by atomic mass is 10.1. The van der Waals surface area contributed by atoms with Crippen LogP contribution < -0.4 is 4.74 Å². The summed E-state index contributed by atoms with van der Waals surface area (Å²) in [5.41, 5.74) is 2.19. The van der Waals surface area contributed by atoms with Crippen LogP contribution in [0.15, 0.2) is 77.8 Å². The number of hydrogen-bond acceptors (Lipinski definition) is 6. The number of nitro benzene ring substituents is 1. The zero-order valence-electron chi connectivity index (χ0n) is 14.5. The highest BCUT2D eigenvalue weighted by Gasteiger charge is 2.08. The lowest BCUT2D eigenvalue weighted by Crippen LogP contribution is -2.08. The van der Waals surface area contributed by atoms with Crippen molar-refractivity contribution in [3.8, 4) is 11.8 Å². The predicted octanol–water partition coefficient (Wildman–Crippen LogP) is 4.44. The summed E-state index contributed by atoms with van der Waals surface area (Å²) in [7, 11) is 0. The van der Waals surface area contributed by atoms with Crippen LogP contribution in [0.2, 0.25) is 0 Å². The lowest BCUT2D eigenvalue weighted by Gasteiger charge is -2.04. The number of carbonyl (C=O) groups is 1. The average Bonchev–Trinajstić information content (AvgIpc) is 2.73. The van der Waals surface area contributed by atoms with Gasteiger partial charge in [-0.3, -0.25) is 15.1 Å². The number of nitriles is 1. The van der Waals surface area contributed by atoms with Crippen LogP contribution in [0.4, 0.5) is 11.4 Å². The Balaban J connectivity index is 1.64. The van der Waals surface area contributed by atoms with Gasteiger partial charge in [-0.15, -0.1) is 0 Å². The van der Waals surface area contributed by atoms with Crippen LogP contribution in [-0.2, 0) is 0 Å². The van der Waals surface area contributed by atoms with Crippen LogP contribution in [-0.4, -0.2) is 17.1 Å². The highest BCUT2D eigenvalue weighted by atomic mass is 16.6. The number of non-ortho nitro benzene ring substituents is 1. The van der Waals surface area contributed by atoms with Crippen LogP contribution in [0.5, 0.6) is 5.75 Å². The number of nitro groups is 1. The van der Waals surface area contributed by atoms with E-state index in [0.29, 0.717) is 22.6 Å². The number of carbonyl (C=O) groups excluding carboxylic acids is 1. The lowest BCUT2D eigenvalue weighted by molar-refractivity contribution is -0.384. The third kappa shape index (κ3) is 4.65. The maximum Gasteiger partial charge on any atom is 0.343 e. The van der Waals surface area contributed by atoms with Gasteiger partial charge >= 0.3 is 5.97 Å². The number of esters is 1. The minimum atomic E-state index is -0.511. The second kappa shape index (κ2) is 8.38. The van der Waals surface area contributed by atoms with E-state index in [2.05, 4.69) is 4.99 Å². The van der Waals surface area contributed by atoms with Crippen LogP contribution >= 0.6 is 0 Å². The SMILES string of the molecule is N#Cc1ccc(OC(=O)c2ccc(C=Nc3ccc([N+](=O)[O-])cc3)cc2)cc1. The third-order valence-electron chi connectivity index (χ3n) is 3.76. The van der Waals surface area contributed by atoms with Crippen molar-refractivity contribution in [3.63, 3.8) is 0 Å². The summed E-state index contributed by atoms with van der Waals surface area (Å²) in [5.74, 6) is -0.156. The van der Waals surface area contributed by atoms with Gasteiger partial charge in [0, 0.05) is 18.3 Å². The molecule has 0 bridgehead atoms. The van der Waals surface area contributed by atoms with Gasteiger partial charge in [-0.05, 0) is 54.1 Å². The van der Waals surface area contributed by atoms with E-state index in [1.807, 2.05) is 6.07 Å². The third-order valence-corrected chi connectivity index (χ3v) is 3.76. The maximum atomic E-state index is 12.2. The summed E-state index contributed by atoms with van der Waals surface area (Å²) >= 11 is 0. The molecule has 3 aromatic carbocycles. The topological polar surface area (TPSA) is 106 Å². The Labute approximate surface area is 160 Å². The molecule has 0 aromatic heterocycles. The number of rotatable bonds is 5. The second-order valence-electron chi connectivity index (χ2n) is 5.68. The summed E-state index contributed by atoms with van der Waals surface area (Å²) in [5, 5.41) is 19.4. The van der Waals surface area contributed by atoms with Gasteiger partial charge in [0.05, 0.1) is 27.8 Å². The van der Waals surface area contributed by atoms with Crippen molar-refractivity contribution in [1.82, 2.24) is 0 Å². The molecule has 7 nitrogen and oxygen atoms in total. The van der Waals surface area contributed by atoms with E-state index in [1.54, 1.807) is 66.9 Å². The normalized spacial score (nSPS) is 10.4. The molecule has 0 N–H and O–H groups in total. The fourth-order valence-electron chi connectivity index (χ4n) is 2.28. The van der Waals surface area contributed by atoms with E-state index < -0.39 is 10.9 Å². The first-order valence-corrected chi connectivity index (χ1v) is 8.16. The van der Waals surface area contributed by atoms with Crippen LogP contribution in [0.3, 0.4) is 0 Å². The Bertz CT molecular complexity index is 1060. The molecule has 0 amide bonds. The van der Waals surface area contributed by atoms with Crippen LogP contribution in [0.1, 0.15) is 21.5 Å². The summed E-state index contributed by atoms with van der Waals surface area (Å²) in [6.45, 7) is 0. The molecule has 0 heterocycles. The van der Waals surface area contributed by atoms with E-state index >= 15 is 0 Å². The Morgan fingerprint density at radius 1 is 1.00 bits per heavy atom. The van der Waals surface area contributed by atoms with Gasteiger partial charge in [-0.25, -0.2) is 4.79 Å². The van der Waals surface area contributed by atoms with Crippen molar-refractivity contribution in [1.29, 1.82) is 5.26 Å². The molecule has 0 unspecified atom stereocenters. The molecule has 7 heteroatoms. The quantitative estimate of drug-likeness (QED) is 0.217. The summed E-state index contributed by atoms with van der Waals surface area (Å²) in [6.07, 6.45) is 1.59. The van der Waals surface area contributed by atoms with Crippen molar-refractivity contribution < 1.29 is 14.5 Å². The molecule has 0 saturated carbocycles. The molecule has 0 aliphatic carbocycles. The van der Waals surface area contributed by atoms with Crippen LogP contribution in [0, 0.1) is 21.4 Å². The molecular formula is C21H13N3O4. The smallest absolute Gasteiger partial charge is 0.343 e. The Morgan fingerprint density at radius 3 is 2.21 bits per heavy atom. The molecule has 0 saturated heterocycles. The zero-order valence-corrected chi connectivity index (χ0v) is 14.5. The minimum Gasteiger partial charge on any atom is -0.423 e. The Morgan fingerprint density at radius 2 is 1.64 bits per heavy atom. The maximum absolute atomic E-state index is 12.2. The first-order chi connectivity index (χ1) is 13.5. The predicted molar refractivity (Wildman–Crippen MR) is 103 cm³/mol. The van der Waals surface area contributed by atoms with E-state index in [9.17, 15) is 14.9 Å². The van der Waals surface area contributed by atoms with E-state index in [1.165, 1.54) is 12.1 Å². The molecule has 3 aromatic rings. The largest absolute Gasteiger partial charge is 0.423 e. The van der Waals surface area contributed by atoms with Gasteiger partial charge in [0.25, 0.3) is 5.69 Å². The summed E-state index contributed by atoms with van der Waals surface area (Å²) < 4.78 is 5.26. The molecule has 0 aliphatic heterocycles. The van der Waals surface area contributed by atoms with Gasteiger partial charge in [-0.2, -0.15) is 5.26 Å². The van der Waals surface area contributed by atoms with Gasteiger partial charge < -0.3 is 4.74 Å². The Kier molecular flexibility index (Phi) is 5.53. The molecule has 0 spiro atoms. The molecule has 3 rings (SSSR count). The number of nitrogens with zero attached hydrogens (tertiary/aromatic N) is 3. The fourth-order valence-corrected chi connectivity index (χ4v) is 2.28. The van der Waals surface area contributed by atoms with E-state index in [4.69, 9.17) is 10.00 Å². The minimum absolute atomic E-state index is 0.00378. The molecule has 0 aliphatic rings. The highest BCUT2D eigenvalue weighted by Crippen LogP contribution is 2.18. The van der Waals surface area contributed by atoms with Crippen molar-refractivity contribution in [2.45, 2.75) is 0 Å². The van der Waals surface area contributed by atoms with Gasteiger partial charge in [0.15, 0.2) is 0 Å². The number of hydrogen-bond donors (Lipinski definition) is 0. The van der Waals surface area contributed by atoms with Crippen molar-refractivity contribution in [3.05, 3.63) is 99.6 Å². The van der Waals surface area contributed by atoms with Crippen molar-refractivity contribution in [2.24, 2.45) is 4.99 Å². The van der Waals surface area contributed by atoms with Crippen molar-refractivity contribution >= 4 is 23.6 Å². The monoisotopic (exact) mass is 371 g/mol. The van der Waals surface area contributed by atoms with Gasteiger partial charge in [0.1, 0.15) is 5.75 Å². The first-order valence-electron chi connectivity index (χ1n) is 8.16. The van der Waals surface area contributed by atoms with E-state index in [-0.39, 0.29) is 5.69 Å². The molecular weight excluding hydrogens is 358 g/mol. The van der Waals surface area contributed by atoms with Gasteiger partial charge in [-0.1, -0.05) is 12.1 Å². The summed E-state index contributed by atoms with van der Waals surface area (Å²) in [6, 6.07) is 20.8. The standard InChI is InChI=1S/C21H13N3O4/c22-13-15-3-11-20(12-4-15)28-21(25)17-5-1-16(2-6-17)14-23-18-7-9-19(10-8-18)24(26)27/h1-12,14H. The molecule has 0 fully saturated rings. The average molecular weight is 371 g/mol. The highest BCUT2D eigenvalue weighted by molar-refractivity contribution is 5.92. The number of benzene rings is 3. The second-order valence-corrected chi connectivity index (χ2v) is 5.68. The van der Waals surface area contributed by atoms with E-state index in [0.717, 1.165) is 5.56 Å². The zero-order chi connectivity index (χ0) is 19.9. The fraction of sp³-hybridized carbons (Fsp3) is 0. The summed E-state index contributed by atoms with van der Waals surface area (Å²) in [4.78, 5) is 26.6. The Hall–Kier alpha value is -4.31. The van der Waals surface area contributed by atoms with Gasteiger partial charge in [0.2, 0.25) is 0 Å². The first kappa shape index (κ1) is 18.5. The van der Waals surface area contributed by atoms with Crippen molar-refractivity contribution in [2.75, 3.05) is 0 Å². The molecule has 136 valence electrons. The molecule has 0 atom stereocenters.